The Morgan fingerprint density at radius 1 is 0.889 bits per heavy atom. The molecule has 1 fully saturated rings. The highest BCUT2D eigenvalue weighted by Gasteiger charge is 2.19. The molecule has 1 saturated heterocycles. The van der Waals surface area contributed by atoms with Gasteiger partial charge in [-0.15, -0.1) is 0 Å². The van der Waals surface area contributed by atoms with Crippen molar-refractivity contribution in [3.63, 3.8) is 0 Å². The summed E-state index contributed by atoms with van der Waals surface area (Å²) in [6.45, 7) is 8.66. The van der Waals surface area contributed by atoms with Crippen LogP contribution in [-0.2, 0) is 6.54 Å². The molecule has 0 saturated carbocycles. The number of nitrogens with zero attached hydrogens (tertiary/aromatic N) is 5. The zero-order valence-electron chi connectivity index (χ0n) is 21.1. The predicted molar refractivity (Wildman–Crippen MR) is 145 cm³/mol. The van der Waals surface area contributed by atoms with E-state index >= 15 is 0 Å². The Labute approximate surface area is 212 Å². The highest BCUT2D eigenvalue weighted by molar-refractivity contribution is 6.08. The number of pyridine rings is 1. The van der Waals surface area contributed by atoms with E-state index in [2.05, 4.69) is 58.3 Å². The average Bonchev–Trinajstić information content (AvgIpc) is 3.31. The molecule has 0 bridgehead atoms. The molecule has 184 valence electrons. The summed E-state index contributed by atoms with van der Waals surface area (Å²) in [5, 5.41) is 7.82. The molecular weight excluding hydrogens is 448 g/mol. The van der Waals surface area contributed by atoms with Crippen molar-refractivity contribution < 1.29 is 4.79 Å². The summed E-state index contributed by atoms with van der Waals surface area (Å²) in [6.07, 6.45) is 3.56. The number of anilines is 2. The number of amides is 1. The molecule has 1 amide bonds. The predicted octanol–water partition coefficient (Wildman–Crippen LogP) is 4.61. The van der Waals surface area contributed by atoms with E-state index in [4.69, 9.17) is 5.10 Å². The maximum atomic E-state index is 13.4. The summed E-state index contributed by atoms with van der Waals surface area (Å²) >= 11 is 0. The molecule has 1 aliphatic heterocycles. The molecule has 3 heterocycles. The Morgan fingerprint density at radius 2 is 1.56 bits per heavy atom. The smallest absolute Gasteiger partial charge is 0.259 e. The summed E-state index contributed by atoms with van der Waals surface area (Å²) in [6, 6.07) is 20.4. The van der Waals surface area contributed by atoms with Crippen molar-refractivity contribution in [3.8, 4) is 11.3 Å². The van der Waals surface area contributed by atoms with Crippen molar-refractivity contribution in [3.05, 3.63) is 95.3 Å². The van der Waals surface area contributed by atoms with Crippen LogP contribution < -0.4 is 10.2 Å². The van der Waals surface area contributed by atoms with Crippen LogP contribution in [0.3, 0.4) is 0 Å². The van der Waals surface area contributed by atoms with Crippen LogP contribution in [0.15, 0.2) is 73.1 Å². The third kappa shape index (κ3) is 5.47. The van der Waals surface area contributed by atoms with Gasteiger partial charge in [0.1, 0.15) is 11.5 Å². The van der Waals surface area contributed by atoms with Crippen molar-refractivity contribution in [1.82, 2.24) is 19.7 Å². The number of piperazine rings is 1. The maximum Gasteiger partial charge on any atom is 0.259 e. The van der Waals surface area contributed by atoms with E-state index in [1.54, 1.807) is 6.20 Å². The van der Waals surface area contributed by atoms with Gasteiger partial charge in [0.2, 0.25) is 0 Å². The van der Waals surface area contributed by atoms with E-state index in [1.165, 1.54) is 5.56 Å². The van der Waals surface area contributed by atoms with Gasteiger partial charge in [0, 0.05) is 37.9 Å². The summed E-state index contributed by atoms with van der Waals surface area (Å²) in [7, 11) is 2.14. The second kappa shape index (κ2) is 10.3. The largest absolute Gasteiger partial charge is 0.354 e. The normalized spacial score (nSPS) is 14.1. The standard InChI is InChI=1S/C29H32N6O/c1-21-4-8-23(9-5-21)19-35-20-26(28(32-35)24-10-6-22(2)7-11-24)29(36)31-25-12-13-27(30-18-25)34-16-14-33(3)15-17-34/h4-13,18,20H,14-17,19H2,1-3H3,(H,31,36). The molecule has 7 heteroatoms. The van der Waals surface area contributed by atoms with Crippen molar-refractivity contribution in [2.24, 2.45) is 0 Å². The molecule has 1 N–H and O–H groups in total. The van der Waals surface area contributed by atoms with Crippen LogP contribution in [0.5, 0.6) is 0 Å². The first-order valence-electron chi connectivity index (χ1n) is 12.4. The number of nitrogens with one attached hydrogen (secondary N) is 1. The first-order valence-corrected chi connectivity index (χ1v) is 12.4. The van der Waals surface area contributed by atoms with Crippen LogP contribution >= 0.6 is 0 Å². The number of aryl methyl sites for hydroxylation is 2. The number of aromatic nitrogens is 3. The number of carbonyl (C=O) groups excluding carboxylic acids is 1. The molecule has 0 aliphatic carbocycles. The molecule has 0 radical (unpaired) electrons. The molecule has 4 aromatic rings. The fourth-order valence-electron chi connectivity index (χ4n) is 4.35. The summed E-state index contributed by atoms with van der Waals surface area (Å²) < 4.78 is 1.84. The number of rotatable bonds is 6. The van der Waals surface area contributed by atoms with E-state index in [9.17, 15) is 4.79 Å². The van der Waals surface area contributed by atoms with Gasteiger partial charge in [0.25, 0.3) is 5.91 Å². The molecule has 1 aliphatic rings. The Morgan fingerprint density at radius 3 is 2.19 bits per heavy atom. The third-order valence-corrected chi connectivity index (χ3v) is 6.63. The zero-order chi connectivity index (χ0) is 25.1. The van der Waals surface area contributed by atoms with Gasteiger partial charge in [0.15, 0.2) is 0 Å². The van der Waals surface area contributed by atoms with Gasteiger partial charge < -0.3 is 15.1 Å². The van der Waals surface area contributed by atoms with Gasteiger partial charge in [-0.25, -0.2) is 4.98 Å². The Bertz CT molecular complexity index is 1320. The lowest BCUT2D eigenvalue weighted by molar-refractivity contribution is 0.102. The quantitative estimate of drug-likeness (QED) is 0.436. The van der Waals surface area contributed by atoms with E-state index in [1.807, 2.05) is 54.2 Å². The topological polar surface area (TPSA) is 66.3 Å². The van der Waals surface area contributed by atoms with Gasteiger partial charge in [-0.1, -0.05) is 59.7 Å². The SMILES string of the molecule is Cc1ccc(Cn2cc(C(=O)Nc3ccc(N4CCN(C)CC4)nc3)c(-c3ccc(C)cc3)n2)cc1. The molecule has 2 aromatic carbocycles. The zero-order valence-corrected chi connectivity index (χ0v) is 21.1. The summed E-state index contributed by atoms with van der Waals surface area (Å²) in [5.74, 6) is 0.738. The fourth-order valence-corrected chi connectivity index (χ4v) is 4.35. The molecule has 2 aromatic heterocycles. The van der Waals surface area contributed by atoms with E-state index in [0.717, 1.165) is 48.7 Å². The number of hydrogen-bond acceptors (Lipinski definition) is 5. The number of benzene rings is 2. The Balaban J connectivity index is 1.37. The number of likely N-dealkylation sites (N-methyl/N-ethyl adjacent to an activating group) is 1. The Hall–Kier alpha value is -3.97. The van der Waals surface area contributed by atoms with E-state index in [0.29, 0.717) is 23.5 Å². The van der Waals surface area contributed by atoms with Crippen molar-refractivity contribution in [2.75, 3.05) is 43.4 Å². The van der Waals surface area contributed by atoms with Crippen LogP contribution in [0.25, 0.3) is 11.3 Å². The van der Waals surface area contributed by atoms with Crippen LogP contribution in [-0.4, -0.2) is 58.8 Å². The summed E-state index contributed by atoms with van der Waals surface area (Å²) in [4.78, 5) is 22.6. The lowest BCUT2D eigenvalue weighted by atomic mass is 10.1. The third-order valence-electron chi connectivity index (χ3n) is 6.63. The van der Waals surface area contributed by atoms with Gasteiger partial charge in [-0.05, 0) is 38.6 Å². The minimum Gasteiger partial charge on any atom is -0.354 e. The first-order chi connectivity index (χ1) is 17.4. The van der Waals surface area contributed by atoms with Gasteiger partial charge >= 0.3 is 0 Å². The second-order valence-electron chi connectivity index (χ2n) is 9.59. The Kier molecular flexibility index (Phi) is 6.82. The minimum atomic E-state index is -0.199. The molecule has 7 nitrogen and oxygen atoms in total. The minimum absolute atomic E-state index is 0.199. The molecule has 0 atom stereocenters. The molecule has 0 unspecified atom stereocenters. The summed E-state index contributed by atoms with van der Waals surface area (Å²) in [5.41, 5.74) is 6.29. The lowest BCUT2D eigenvalue weighted by Crippen LogP contribution is -2.44. The van der Waals surface area contributed by atoms with Gasteiger partial charge in [-0.2, -0.15) is 5.10 Å². The first kappa shape index (κ1) is 23.8. The molecule has 36 heavy (non-hydrogen) atoms. The van der Waals surface area contributed by atoms with Crippen LogP contribution in [0, 0.1) is 13.8 Å². The average molecular weight is 481 g/mol. The van der Waals surface area contributed by atoms with E-state index in [-0.39, 0.29) is 5.91 Å². The highest BCUT2D eigenvalue weighted by Crippen LogP contribution is 2.25. The number of carbonyl (C=O) groups is 1. The highest BCUT2D eigenvalue weighted by atomic mass is 16.1. The van der Waals surface area contributed by atoms with Crippen molar-refractivity contribution in [1.29, 1.82) is 0 Å². The van der Waals surface area contributed by atoms with Crippen LogP contribution in [0.1, 0.15) is 27.0 Å². The monoisotopic (exact) mass is 480 g/mol. The maximum absolute atomic E-state index is 13.4. The molecular formula is C29H32N6O. The van der Waals surface area contributed by atoms with Crippen LogP contribution in [0.4, 0.5) is 11.5 Å². The number of hydrogen-bond donors (Lipinski definition) is 1. The van der Waals surface area contributed by atoms with Crippen molar-refractivity contribution >= 4 is 17.4 Å². The van der Waals surface area contributed by atoms with Crippen LogP contribution in [0.2, 0.25) is 0 Å². The molecule has 5 rings (SSSR count). The van der Waals surface area contributed by atoms with Gasteiger partial charge in [0.05, 0.1) is 24.0 Å². The van der Waals surface area contributed by atoms with Gasteiger partial charge in [-0.3, -0.25) is 9.48 Å². The lowest BCUT2D eigenvalue weighted by Gasteiger charge is -2.33. The second-order valence-corrected chi connectivity index (χ2v) is 9.59. The fraction of sp³-hybridized carbons (Fsp3) is 0.276. The van der Waals surface area contributed by atoms with E-state index < -0.39 is 0 Å². The molecule has 0 spiro atoms. The van der Waals surface area contributed by atoms with Crippen molar-refractivity contribution in [2.45, 2.75) is 20.4 Å².